The van der Waals surface area contributed by atoms with Gasteiger partial charge in [0, 0.05) is 19.3 Å². The molecule has 1 amide bonds. The average Bonchev–Trinajstić information content (AvgIpc) is 2.83. The van der Waals surface area contributed by atoms with Crippen molar-refractivity contribution in [2.45, 2.75) is 49.9 Å². The first-order valence-electron chi connectivity index (χ1n) is 8.28. The van der Waals surface area contributed by atoms with E-state index in [9.17, 15) is 9.59 Å². The van der Waals surface area contributed by atoms with E-state index in [0.29, 0.717) is 5.16 Å². The molecule has 1 aromatic heterocycles. The number of amides is 1. The summed E-state index contributed by atoms with van der Waals surface area (Å²) in [6, 6.07) is 0. The zero-order valence-electron chi connectivity index (χ0n) is 14.2. The number of esters is 1. The van der Waals surface area contributed by atoms with Gasteiger partial charge in [0.1, 0.15) is 11.4 Å². The number of carbonyl (C=O) groups is 2. The second-order valence-corrected chi connectivity index (χ2v) is 6.98. The Morgan fingerprint density at radius 3 is 2.58 bits per heavy atom. The van der Waals surface area contributed by atoms with E-state index in [1.165, 1.54) is 30.8 Å². The quantitative estimate of drug-likeness (QED) is 0.492. The molecule has 0 unspecified atom stereocenters. The topological polar surface area (TPSA) is 98.4 Å². The van der Waals surface area contributed by atoms with E-state index >= 15 is 0 Å². The molecule has 1 aliphatic heterocycles. The molecule has 0 radical (unpaired) electrons. The van der Waals surface area contributed by atoms with Crippen molar-refractivity contribution >= 4 is 29.5 Å². The molecule has 1 saturated heterocycles. The molecule has 0 saturated carbocycles. The Hall–Kier alpha value is -1.83. The first-order valence-corrected chi connectivity index (χ1v) is 9.16. The van der Waals surface area contributed by atoms with E-state index in [0.717, 1.165) is 25.9 Å². The fourth-order valence-corrected chi connectivity index (χ4v) is 3.39. The summed E-state index contributed by atoms with van der Waals surface area (Å²) in [7, 11) is 0. The van der Waals surface area contributed by atoms with Gasteiger partial charge in [-0.1, -0.05) is 24.6 Å². The zero-order valence-corrected chi connectivity index (χ0v) is 15.0. The molecule has 2 rings (SSSR count). The lowest BCUT2D eigenvalue weighted by molar-refractivity contribution is -0.130. The summed E-state index contributed by atoms with van der Waals surface area (Å²) in [6.45, 7) is 5.45. The third kappa shape index (κ3) is 4.83. The van der Waals surface area contributed by atoms with Crippen LogP contribution in [0.1, 0.15) is 49.9 Å². The molecule has 24 heavy (non-hydrogen) atoms. The van der Waals surface area contributed by atoms with Crippen LogP contribution in [0, 0.1) is 0 Å². The Bertz CT molecular complexity index is 589. The summed E-state index contributed by atoms with van der Waals surface area (Å²) in [5.41, 5.74) is 5.95. The van der Waals surface area contributed by atoms with Crippen LogP contribution < -0.4 is 5.73 Å². The number of hydrogen-bond donors (Lipinski definition) is 1. The number of rotatable bonds is 5. The highest BCUT2D eigenvalue weighted by Gasteiger charge is 2.24. The van der Waals surface area contributed by atoms with Gasteiger partial charge in [0.15, 0.2) is 5.16 Å². The minimum Gasteiger partial charge on any atom is -0.462 e. The number of carbonyl (C=O) groups excluding carboxylic acids is 2. The fourth-order valence-electron chi connectivity index (χ4n) is 2.56. The molecule has 0 spiro atoms. The Morgan fingerprint density at radius 2 is 2.00 bits per heavy atom. The fraction of sp³-hybridized carbons (Fsp3) is 0.625. The molecule has 1 aliphatic rings. The van der Waals surface area contributed by atoms with E-state index in [1.807, 2.05) is 11.8 Å². The van der Waals surface area contributed by atoms with Crippen molar-refractivity contribution in [2.75, 3.05) is 25.4 Å². The Kier molecular flexibility index (Phi) is 6.84. The number of nitrogens with two attached hydrogens (primary N) is 1. The molecule has 0 aliphatic carbocycles. The number of thioether (sulfide) groups is 1. The second kappa shape index (κ2) is 8.86. The van der Waals surface area contributed by atoms with Gasteiger partial charge in [-0.3, -0.25) is 4.79 Å². The summed E-state index contributed by atoms with van der Waals surface area (Å²) >= 11 is 1.25. The SMILES string of the molecule is CCOC(=O)c1cnc(S[C@H](C)C(=O)N2CCCCCC2)nc1N. The normalized spacial score (nSPS) is 16.3. The average molecular weight is 352 g/mol. The number of aromatic nitrogens is 2. The van der Waals surface area contributed by atoms with Crippen molar-refractivity contribution in [2.24, 2.45) is 0 Å². The van der Waals surface area contributed by atoms with Crippen LogP contribution in [-0.4, -0.2) is 51.7 Å². The summed E-state index contributed by atoms with van der Waals surface area (Å²) in [5.74, 6) is -0.376. The van der Waals surface area contributed by atoms with E-state index in [1.54, 1.807) is 6.92 Å². The maximum Gasteiger partial charge on any atom is 0.343 e. The van der Waals surface area contributed by atoms with Crippen LogP contribution in [0.4, 0.5) is 5.82 Å². The highest BCUT2D eigenvalue weighted by Crippen LogP contribution is 2.24. The summed E-state index contributed by atoms with van der Waals surface area (Å²) in [6.07, 6.45) is 5.83. The van der Waals surface area contributed by atoms with Gasteiger partial charge in [0.25, 0.3) is 0 Å². The molecular weight excluding hydrogens is 328 g/mol. The van der Waals surface area contributed by atoms with Crippen molar-refractivity contribution in [3.05, 3.63) is 11.8 Å². The molecule has 132 valence electrons. The third-order valence-corrected chi connectivity index (χ3v) is 4.80. The number of nitrogen functional groups attached to an aromatic ring is 1. The van der Waals surface area contributed by atoms with E-state index in [2.05, 4.69) is 9.97 Å². The lowest BCUT2D eigenvalue weighted by Crippen LogP contribution is -2.37. The van der Waals surface area contributed by atoms with Crippen LogP contribution >= 0.6 is 11.8 Å². The van der Waals surface area contributed by atoms with Crippen LogP contribution in [0.25, 0.3) is 0 Å². The van der Waals surface area contributed by atoms with Gasteiger partial charge in [-0.05, 0) is 26.7 Å². The van der Waals surface area contributed by atoms with Crippen LogP contribution in [0.15, 0.2) is 11.4 Å². The number of ether oxygens (including phenoxy) is 1. The van der Waals surface area contributed by atoms with E-state index in [-0.39, 0.29) is 29.1 Å². The first-order chi connectivity index (χ1) is 11.5. The van der Waals surface area contributed by atoms with Crippen molar-refractivity contribution in [1.82, 2.24) is 14.9 Å². The Balaban J connectivity index is 2.00. The maximum absolute atomic E-state index is 12.5. The number of nitrogens with zero attached hydrogens (tertiary/aromatic N) is 3. The van der Waals surface area contributed by atoms with E-state index < -0.39 is 5.97 Å². The van der Waals surface area contributed by atoms with Crippen molar-refractivity contribution < 1.29 is 14.3 Å². The van der Waals surface area contributed by atoms with Gasteiger partial charge < -0.3 is 15.4 Å². The van der Waals surface area contributed by atoms with Gasteiger partial charge in [0.2, 0.25) is 5.91 Å². The summed E-state index contributed by atoms with van der Waals surface area (Å²) in [5, 5.41) is 0.0900. The molecule has 1 atom stereocenters. The lowest BCUT2D eigenvalue weighted by Gasteiger charge is -2.23. The predicted molar refractivity (Wildman–Crippen MR) is 92.8 cm³/mol. The molecule has 0 aromatic carbocycles. The molecule has 7 nitrogen and oxygen atoms in total. The van der Waals surface area contributed by atoms with Gasteiger partial charge >= 0.3 is 5.97 Å². The molecule has 2 heterocycles. The first kappa shape index (κ1) is 18.5. The highest BCUT2D eigenvalue weighted by molar-refractivity contribution is 8.00. The van der Waals surface area contributed by atoms with Crippen molar-refractivity contribution in [3.8, 4) is 0 Å². The van der Waals surface area contributed by atoms with Gasteiger partial charge in [0.05, 0.1) is 11.9 Å². The van der Waals surface area contributed by atoms with Crippen LogP contribution in [0.5, 0.6) is 0 Å². The zero-order chi connectivity index (χ0) is 17.5. The molecule has 2 N–H and O–H groups in total. The lowest BCUT2D eigenvalue weighted by atomic mass is 10.2. The second-order valence-electron chi connectivity index (χ2n) is 5.67. The van der Waals surface area contributed by atoms with E-state index in [4.69, 9.17) is 10.5 Å². The van der Waals surface area contributed by atoms with Gasteiger partial charge in [-0.15, -0.1) is 0 Å². The van der Waals surface area contributed by atoms with Crippen LogP contribution in [0.2, 0.25) is 0 Å². The van der Waals surface area contributed by atoms with Crippen molar-refractivity contribution in [1.29, 1.82) is 0 Å². The standard InChI is InChI=1S/C16H24N4O3S/c1-3-23-15(22)12-10-18-16(19-13(12)17)24-11(2)14(21)20-8-6-4-5-7-9-20/h10-11H,3-9H2,1-2H3,(H2,17,18,19)/t11-/m1/s1. The number of anilines is 1. The number of hydrogen-bond acceptors (Lipinski definition) is 7. The molecular formula is C16H24N4O3S. The maximum atomic E-state index is 12.5. The predicted octanol–water partition coefficient (Wildman–Crippen LogP) is 2.12. The smallest absolute Gasteiger partial charge is 0.343 e. The van der Waals surface area contributed by atoms with Crippen LogP contribution in [-0.2, 0) is 9.53 Å². The van der Waals surface area contributed by atoms with Crippen molar-refractivity contribution in [3.63, 3.8) is 0 Å². The third-order valence-electron chi connectivity index (χ3n) is 3.84. The number of likely N-dealkylation sites (tertiary alicyclic amines) is 1. The minimum absolute atomic E-state index is 0.0698. The van der Waals surface area contributed by atoms with Crippen LogP contribution in [0.3, 0.4) is 0 Å². The Morgan fingerprint density at radius 1 is 1.33 bits per heavy atom. The van der Waals surface area contributed by atoms with Gasteiger partial charge in [-0.25, -0.2) is 14.8 Å². The largest absolute Gasteiger partial charge is 0.462 e. The molecule has 8 heteroatoms. The molecule has 1 aromatic rings. The Labute approximate surface area is 146 Å². The molecule has 1 fully saturated rings. The highest BCUT2D eigenvalue weighted by atomic mass is 32.2. The molecule has 0 bridgehead atoms. The summed E-state index contributed by atoms with van der Waals surface area (Å²) in [4.78, 5) is 34.4. The summed E-state index contributed by atoms with van der Waals surface area (Å²) < 4.78 is 4.89. The monoisotopic (exact) mass is 352 g/mol. The minimum atomic E-state index is -0.541. The van der Waals surface area contributed by atoms with Gasteiger partial charge in [-0.2, -0.15) is 0 Å².